The van der Waals surface area contributed by atoms with Crippen LogP contribution in [0.4, 0.5) is 0 Å². The van der Waals surface area contributed by atoms with E-state index in [9.17, 15) is 0 Å². The van der Waals surface area contributed by atoms with Crippen molar-refractivity contribution in [3.63, 3.8) is 0 Å². The molecule has 0 amide bonds. The van der Waals surface area contributed by atoms with Crippen molar-refractivity contribution in [1.82, 2.24) is 0 Å². The van der Waals surface area contributed by atoms with E-state index in [-0.39, 0.29) is 5.54 Å². The third kappa shape index (κ3) is 2.54. The normalized spacial score (nSPS) is 42.8. The maximum Gasteiger partial charge on any atom is 0.0648 e. The molecule has 0 aromatic carbocycles. The lowest BCUT2D eigenvalue weighted by atomic mass is 9.69. The second-order valence-electron chi connectivity index (χ2n) is 5.53. The van der Waals surface area contributed by atoms with Gasteiger partial charge in [-0.25, -0.2) is 0 Å². The highest BCUT2D eigenvalue weighted by atomic mass is 16.5. The van der Waals surface area contributed by atoms with Gasteiger partial charge in [-0.1, -0.05) is 26.2 Å². The molecule has 0 radical (unpaired) electrons. The van der Waals surface area contributed by atoms with Gasteiger partial charge in [0.2, 0.25) is 0 Å². The summed E-state index contributed by atoms with van der Waals surface area (Å²) < 4.78 is 5.58. The Morgan fingerprint density at radius 1 is 1.33 bits per heavy atom. The third-order valence-corrected chi connectivity index (χ3v) is 4.47. The molecule has 1 saturated heterocycles. The van der Waals surface area contributed by atoms with Crippen LogP contribution in [0, 0.1) is 11.8 Å². The molecule has 1 saturated carbocycles. The van der Waals surface area contributed by atoms with Gasteiger partial charge in [0.05, 0.1) is 6.61 Å². The molecular formula is C13H25NO. The van der Waals surface area contributed by atoms with E-state index in [0.717, 1.165) is 31.5 Å². The quantitative estimate of drug-likeness (QED) is 0.762. The second kappa shape index (κ2) is 4.84. The molecule has 88 valence electrons. The van der Waals surface area contributed by atoms with Crippen molar-refractivity contribution < 1.29 is 4.74 Å². The molecule has 3 unspecified atom stereocenters. The van der Waals surface area contributed by atoms with Gasteiger partial charge in [0.1, 0.15) is 0 Å². The van der Waals surface area contributed by atoms with Gasteiger partial charge < -0.3 is 10.5 Å². The molecule has 15 heavy (non-hydrogen) atoms. The highest BCUT2D eigenvalue weighted by Gasteiger charge is 2.39. The summed E-state index contributed by atoms with van der Waals surface area (Å²) in [6, 6.07) is 0. The van der Waals surface area contributed by atoms with Crippen LogP contribution in [-0.2, 0) is 4.74 Å². The molecule has 2 N–H and O–H groups in total. The molecule has 2 heteroatoms. The standard InChI is InChI=1S/C13H25NO/c1-2-11-5-3-6-12(9-11)13(14)7-4-8-15-10-13/h11-12H,2-10,14H2,1H3. The lowest BCUT2D eigenvalue weighted by Crippen LogP contribution is -2.54. The molecule has 1 aliphatic carbocycles. The first-order valence-electron chi connectivity index (χ1n) is 6.61. The average Bonchev–Trinajstić information content (AvgIpc) is 2.30. The van der Waals surface area contributed by atoms with E-state index in [2.05, 4.69) is 6.92 Å². The molecule has 0 aromatic heterocycles. The van der Waals surface area contributed by atoms with Crippen LogP contribution in [0.25, 0.3) is 0 Å². The monoisotopic (exact) mass is 211 g/mol. The predicted octanol–water partition coefficient (Wildman–Crippen LogP) is 2.71. The fraction of sp³-hybridized carbons (Fsp3) is 1.00. The van der Waals surface area contributed by atoms with Crippen molar-refractivity contribution in [3.05, 3.63) is 0 Å². The summed E-state index contributed by atoms with van der Waals surface area (Å²) in [5, 5.41) is 0. The van der Waals surface area contributed by atoms with Crippen LogP contribution in [-0.4, -0.2) is 18.8 Å². The number of nitrogens with two attached hydrogens (primary N) is 1. The van der Waals surface area contributed by atoms with E-state index < -0.39 is 0 Å². The molecule has 2 fully saturated rings. The Hall–Kier alpha value is -0.0800. The molecule has 1 heterocycles. The van der Waals surface area contributed by atoms with Crippen LogP contribution in [0.1, 0.15) is 51.9 Å². The molecule has 2 nitrogen and oxygen atoms in total. The van der Waals surface area contributed by atoms with Gasteiger partial charge in [-0.2, -0.15) is 0 Å². The number of ether oxygens (including phenoxy) is 1. The number of hydrogen-bond donors (Lipinski definition) is 1. The third-order valence-electron chi connectivity index (χ3n) is 4.47. The number of hydrogen-bond acceptors (Lipinski definition) is 2. The Balaban J connectivity index is 1.95. The van der Waals surface area contributed by atoms with Gasteiger partial charge in [0, 0.05) is 12.1 Å². The molecule has 3 atom stereocenters. The summed E-state index contributed by atoms with van der Waals surface area (Å²) in [7, 11) is 0. The van der Waals surface area contributed by atoms with Crippen LogP contribution < -0.4 is 5.73 Å². The van der Waals surface area contributed by atoms with Gasteiger partial charge >= 0.3 is 0 Å². The zero-order valence-corrected chi connectivity index (χ0v) is 10.0. The van der Waals surface area contributed by atoms with E-state index in [1.807, 2.05) is 0 Å². The minimum absolute atomic E-state index is 0.00604. The SMILES string of the molecule is CCC1CCCC(C2(N)CCCOC2)C1. The van der Waals surface area contributed by atoms with Crippen molar-refractivity contribution >= 4 is 0 Å². The Morgan fingerprint density at radius 3 is 2.87 bits per heavy atom. The van der Waals surface area contributed by atoms with Crippen LogP contribution in [0.2, 0.25) is 0 Å². The first-order chi connectivity index (χ1) is 7.24. The molecule has 1 aliphatic heterocycles. The van der Waals surface area contributed by atoms with Crippen LogP contribution >= 0.6 is 0 Å². The maximum atomic E-state index is 6.53. The lowest BCUT2D eigenvalue weighted by molar-refractivity contribution is -0.00370. The first kappa shape index (κ1) is 11.4. The molecular weight excluding hydrogens is 186 g/mol. The summed E-state index contributed by atoms with van der Waals surface area (Å²) in [6.45, 7) is 4.03. The lowest BCUT2D eigenvalue weighted by Gasteiger charge is -2.44. The number of rotatable bonds is 2. The van der Waals surface area contributed by atoms with E-state index in [1.54, 1.807) is 0 Å². The Morgan fingerprint density at radius 2 is 2.20 bits per heavy atom. The summed E-state index contributed by atoms with van der Waals surface area (Å²) >= 11 is 0. The van der Waals surface area contributed by atoms with Crippen molar-refractivity contribution in [3.8, 4) is 0 Å². The predicted molar refractivity (Wildman–Crippen MR) is 62.7 cm³/mol. The van der Waals surface area contributed by atoms with Crippen molar-refractivity contribution in [2.24, 2.45) is 17.6 Å². The van der Waals surface area contributed by atoms with E-state index in [0.29, 0.717) is 0 Å². The fourth-order valence-corrected chi connectivity index (χ4v) is 3.34. The molecule has 0 aromatic rings. The van der Waals surface area contributed by atoms with Gasteiger partial charge in [-0.05, 0) is 37.5 Å². The Kier molecular flexibility index (Phi) is 3.68. The summed E-state index contributed by atoms with van der Waals surface area (Å²) in [5.41, 5.74) is 6.53. The highest BCUT2D eigenvalue weighted by molar-refractivity contribution is 4.95. The Bertz CT molecular complexity index is 199. The Labute approximate surface area is 93.6 Å². The summed E-state index contributed by atoms with van der Waals surface area (Å²) in [4.78, 5) is 0. The van der Waals surface area contributed by atoms with Gasteiger partial charge in [0.25, 0.3) is 0 Å². The van der Waals surface area contributed by atoms with Crippen molar-refractivity contribution in [2.75, 3.05) is 13.2 Å². The average molecular weight is 211 g/mol. The van der Waals surface area contributed by atoms with E-state index in [4.69, 9.17) is 10.5 Å². The van der Waals surface area contributed by atoms with E-state index in [1.165, 1.54) is 38.5 Å². The zero-order chi connectivity index (χ0) is 10.7. The highest BCUT2D eigenvalue weighted by Crippen LogP contribution is 2.39. The zero-order valence-electron chi connectivity index (χ0n) is 10.0. The molecule has 2 rings (SSSR count). The molecule has 0 bridgehead atoms. The maximum absolute atomic E-state index is 6.53. The van der Waals surface area contributed by atoms with Gasteiger partial charge in [-0.15, -0.1) is 0 Å². The van der Waals surface area contributed by atoms with Crippen LogP contribution in [0.3, 0.4) is 0 Å². The topological polar surface area (TPSA) is 35.2 Å². The van der Waals surface area contributed by atoms with Crippen molar-refractivity contribution in [2.45, 2.75) is 57.4 Å². The fourth-order valence-electron chi connectivity index (χ4n) is 3.34. The minimum atomic E-state index is 0.00604. The second-order valence-corrected chi connectivity index (χ2v) is 5.53. The molecule has 2 aliphatic rings. The largest absolute Gasteiger partial charge is 0.380 e. The van der Waals surface area contributed by atoms with Crippen LogP contribution in [0.5, 0.6) is 0 Å². The van der Waals surface area contributed by atoms with Gasteiger partial charge in [-0.3, -0.25) is 0 Å². The summed E-state index contributed by atoms with van der Waals surface area (Å²) in [6.07, 6.45) is 9.13. The smallest absolute Gasteiger partial charge is 0.0648 e. The minimum Gasteiger partial charge on any atom is -0.380 e. The summed E-state index contributed by atoms with van der Waals surface area (Å²) in [5.74, 6) is 1.64. The first-order valence-corrected chi connectivity index (χ1v) is 6.61. The molecule has 0 spiro atoms. The van der Waals surface area contributed by atoms with Crippen LogP contribution in [0.15, 0.2) is 0 Å². The van der Waals surface area contributed by atoms with Gasteiger partial charge in [0.15, 0.2) is 0 Å². The van der Waals surface area contributed by atoms with Crippen molar-refractivity contribution in [1.29, 1.82) is 0 Å². The van der Waals surface area contributed by atoms with E-state index >= 15 is 0 Å².